The number of hydrogen-bond donors (Lipinski definition) is 1. The molecule has 1 aliphatic rings. The van der Waals surface area contributed by atoms with Crippen LogP contribution in [0.3, 0.4) is 0 Å². The third kappa shape index (κ3) is 3.39. The number of thioether (sulfide) groups is 1. The maximum Gasteiger partial charge on any atom is 0.0370 e. The molecule has 0 atom stereocenters. The second kappa shape index (κ2) is 5.32. The molecule has 1 fully saturated rings. The standard InChI is InChI=1S/C14H22N2S/c1-14(8-10-16(2)11-9-14)15-12-4-6-13(17-3)7-5-12/h4-7,15H,8-11H2,1-3H3. The predicted octanol–water partition coefficient (Wildman–Crippen LogP) is 3.30. The highest BCUT2D eigenvalue weighted by Crippen LogP contribution is 2.27. The Morgan fingerprint density at radius 1 is 1.18 bits per heavy atom. The van der Waals surface area contributed by atoms with E-state index in [9.17, 15) is 0 Å². The van der Waals surface area contributed by atoms with Crippen LogP contribution in [0.4, 0.5) is 5.69 Å². The summed E-state index contributed by atoms with van der Waals surface area (Å²) in [5, 5.41) is 3.69. The number of likely N-dealkylation sites (tertiary alicyclic amines) is 1. The molecule has 1 aromatic rings. The van der Waals surface area contributed by atoms with Gasteiger partial charge in [-0.1, -0.05) is 0 Å². The van der Waals surface area contributed by atoms with Crippen molar-refractivity contribution < 1.29 is 0 Å². The fraction of sp³-hybridized carbons (Fsp3) is 0.571. The molecule has 1 saturated heterocycles. The third-order valence-electron chi connectivity index (χ3n) is 3.63. The minimum Gasteiger partial charge on any atom is -0.380 e. The minimum atomic E-state index is 0.257. The van der Waals surface area contributed by atoms with Crippen LogP contribution in [-0.4, -0.2) is 36.8 Å². The Kier molecular flexibility index (Phi) is 4.00. The molecule has 1 aromatic carbocycles. The van der Waals surface area contributed by atoms with E-state index in [1.807, 2.05) is 0 Å². The molecule has 1 heterocycles. The normalized spacial score (nSPS) is 20.2. The van der Waals surface area contributed by atoms with Gasteiger partial charge in [0.25, 0.3) is 0 Å². The van der Waals surface area contributed by atoms with E-state index in [2.05, 4.69) is 54.7 Å². The second-order valence-corrected chi connectivity index (χ2v) is 6.10. The Bertz CT molecular complexity index is 353. The summed E-state index contributed by atoms with van der Waals surface area (Å²) in [5.41, 5.74) is 1.50. The molecule has 1 aliphatic heterocycles. The molecule has 94 valence electrons. The van der Waals surface area contributed by atoms with Crippen molar-refractivity contribution >= 4 is 17.4 Å². The molecule has 0 amide bonds. The summed E-state index contributed by atoms with van der Waals surface area (Å²) in [5.74, 6) is 0. The highest BCUT2D eigenvalue weighted by atomic mass is 32.2. The van der Waals surface area contributed by atoms with E-state index in [-0.39, 0.29) is 5.54 Å². The smallest absolute Gasteiger partial charge is 0.0370 e. The number of rotatable bonds is 3. The lowest BCUT2D eigenvalue weighted by Crippen LogP contribution is -2.45. The quantitative estimate of drug-likeness (QED) is 0.829. The molecule has 0 saturated carbocycles. The number of nitrogens with zero attached hydrogens (tertiary/aromatic N) is 1. The van der Waals surface area contributed by atoms with Crippen molar-refractivity contribution in [2.75, 3.05) is 31.7 Å². The monoisotopic (exact) mass is 250 g/mol. The summed E-state index contributed by atoms with van der Waals surface area (Å²) in [6.07, 6.45) is 4.54. The lowest BCUT2D eigenvalue weighted by atomic mass is 9.89. The second-order valence-electron chi connectivity index (χ2n) is 5.22. The lowest BCUT2D eigenvalue weighted by molar-refractivity contribution is 0.216. The van der Waals surface area contributed by atoms with Crippen LogP contribution in [0.15, 0.2) is 29.2 Å². The Morgan fingerprint density at radius 2 is 1.76 bits per heavy atom. The van der Waals surface area contributed by atoms with E-state index < -0.39 is 0 Å². The first-order valence-corrected chi connectivity index (χ1v) is 7.45. The number of piperidine rings is 1. The van der Waals surface area contributed by atoms with Crippen molar-refractivity contribution in [1.82, 2.24) is 4.90 Å². The van der Waals surface area contributed by atoms with Gasteiger partial charge in [0.2, 0.25) is 0 Å². The van der Waals surface area contributed by atoms with Gasteiger partial charge in [0.05, 0.1) is 0 Å². The Balaban J connectivity index is 1.99. The van der Waals surface area contributed by atoms with Gasteiger partial charge in [-0.05, 0) is 57.3 Å². The van der Waals surface area contributed by atoms with E-state index >= 15 is 0 Å². The SMILES string of the molecule is CSc1ccc(NC2(C)CCN(C)CC2)cc1. The van der Waals surface area contributed by atoms with Gasteiger partial charge < -0.3 is 10.2 Å². The van der Waals surface area contributed by atoms with Crippen molar-refractivity contribution in [2.45, 2.75) is 30.2 Å². The van der Waals surface area contributed by atoms with E-state index in [1.54, 1.807) is 11.8 Å². The van der Waals surface area contributed by atoms with E-state index in [0.717, 1.165) is 0 Å². The highest BCUT2D eigenvalue weighted by Gasteiger charge is 2.28. The van der Waals surface area contributed by atoms with Crippen LogP contribution in [0, 0.1) is 0 Å². The molecule has 3 heteroatoms. The Labute approximate surface area is 109 Å². The molecule has 17 heavy (non-hydrogen) atoms. The molecule has 2 nitrogen and oxygen atoms in total. The molecular weight excluding hydrogens is 228 g/mol. The molecule has 0 spiro atoms. The molecular formula is C14H22N2S. The zero-order valence-corrected chi connectivity index (χ0v) is 11.8. The average Bonchev–Trinajstić information content (AvgIpc) is 2.34. The van der Waals surface area contributed by atoms with Crippen molar-refractivity contribution in [3.8, 4) is 0 Å². The third-order valence-corrected chi connectivity index (χ3v) is 4.37. The van der Waals surface area contributed by atoms with Crippen LogP contribution in [0.25, 0.3) is 0 Å². The molecule has 1 N–H and O–H groups in total. The number of hydrogen-bond acceptors (Lipinski definition) is 3. The zero-order valence-electron chi connectivity index (χ0n) is 11.0. The summed E-state index contributed by atoms with van der Waals surface area (Å²) in [6.45, 7) is 4.71. The van der Waals surface area contributed by atoms with Gasteiger partial charge in [-0.2, -0.15) is 0 Å². The maximum absolute atomic E-state index is 3.69. The Hall–Kier alpha value is -0.670. The first-order valence-electron chi connectivity index (χ1n) is 6.22. The van der Waals surface area contributed by atoms with E-state index in [1.165, 1.54) is 36.5 Å². The van der Waals surface area contributed by atoms with Crippen LogP contribution < -0.4 is 5.32 Å². The summed E-state index contributed by atoms with van der Waals surface area (Å²) in [4.78, 5) is 3.73. The van der Waals surface area contributed by atoms with Gasteiger partial charge in [-0.3, -0.25) is 0 Å². The summed E-state index contributed by atoms with van der Waals surface area (Å²) in [6, 6.07) is 8.75. The van der Waals surface area contributed by atoms with Crippen molar-refractivity contribution in [3.05, 3.63) is 24.3 Å². The molecule has 0 aromatic heterocycles. The number of anilines is 1. The molecule has 0 bridgehead atoms. The minimum absolute atomic E-state index is 0.257. The van der Waals surface area contributed by atoms with E-state index in [4.69, 9.17) is 0 Å². The number of benzene rings is 1. The van der Waals surface area contributed by atoms with Gasteiger partial charge in [-0.25, -0.2) is 0 Å². The first kappa shape index (κ1) is 12.8. The van der Waals surface area contributed by atoms with Crippen molar-refractivity contribution in [3.63, 3.8) is 0 Å². The van der Waals surface area contributed by atoms with Gasteiger partial charge >= 0.3 is 0 Å². The maximum atomic E-state index is 3.69. The topological polar surface area (TPSA) is 15.3 Å². The van der Waals surface area contributed by atoms with Crippen LogP contribution in [0.2, 0.25) is 0 Å². The summed E-state index contributed by atoms with van der Waals surface area (Å²) >= 11 is 1.79. The van der Waals surface area contributed by atoms with Crippen molar-refractivity contribution in [1.29, 1.82) is 0 Å². The van der Waals surface area contributed by atoms with Gasteiger partial charge in [0.1, 0.15) is 0 Å². The number of nitrogens with one attached hydrogen (secondary N) is 1. The molecule has 0 radical (unpaired) electrons. The van der Waals surface area contributed by atoms with E-state index in [0.29, 0.717) is 0 Å². The fourth-order valence-electron chi connectivity index (χ4n) is 2.26. The predicted molar refractivity (Wildman–Crippen MR) is 77.0 cm³/mol. The van der Waals surface area contributed by atoms with Crippen LogP contribution in [-0.2, 0) is 0 Å². The summed E-state index contributed by atoms with van der Waals surface area (Å²) < 4.78 is 0. The zero-order chi connectivity index (χ0) is 12.3. The first-order chi connectivity index (χ1) is 8.11. The highest BCUT2D eigenvalue weighted by molar-refractivity contribution is 7.98. The molecule has 0 unspecified atom stereocenters. The van der Waals surface area contributed by atoms with Gasteiger partial charge in [-0.15, -0.1) is 11.8 Å². The van der Waals surface area contributed by atoms with Crippen LogP contribution in [0.5, 0.6) is 0 Å². The molecule has 2 rings (SSSR count). The van der Waals surface area contributed by atoms with Gasteiger partial charge in [0.15, 0.2) is 0 Å². The van der Waals surface area contributed by atoms with Gasteiger partial charge in [0, 0.05) is 29.2 Å². The summed E-state index contributed by atoms with van der Waals surface area (Å²) in [7, 11) is 2.20. The average molecular weight is 250 g/mol. The molecule has 0 aliphatic carbocycles. The lowest BCUT2D eigenvalue weighted by Gasteiger charge is -2.39. The largest absolute Gasteiger partial charge is 0.380 e. The van der Waals surface area contributed by atoms with Crippen LogP contribution in [0.1, 0.15) is 19.8 Å². The fourth-order valence-corrected chi connectivity index (χ4v) is 2.67. The van der Waals surface area contributed by atoms with Crippen molar-refractivity contribution in [2.24, 2.45) is 0 Å². The van der Waals surface area contributed by atoms with Crippen LogP contribution >= 0.6 is 11.8 Å². The Morgan fingerprint density at radius 3 is 2.29 bits per heavy atom.